The molecular weight excluding hydrogens is 246 g/mol. The van der Waals surface area contributed by atoms with Crippen LogP contribution in [0.1, 0.15) is 16.3 Å². The van der Waals surface area contributed by atoms with Crippen LogP contribution in [0.25, 0.3) is 0 Å². The number of benzene rings is 1. The van der Waals surface area contributed by atoms with Crippen LogP contribution in [0.2, 0.25) is 0 Å². The summed E-state index contributed by atoms with van der Waals surface area (Å²) in [4.78, 5) is 16.3. The van der Waals surface area contributed by atoms with Crippen LogP contribution in [-0.4, -0.2) is 17.9 Å². The van der Waals surface area contributed by atoms with E-state index >= 15 is 0 Å². The Morgan fingerprint density at radius 1 is 1.33 bits per heavy atom. The van der Waals surface area contributed by atoms with Gasteiger partial charge in [-0.25, -0.2) is 4.98 Å². The van der Waals surface area contributed by atoms with Crippen molar-refractivity contribution in [2.45, 2.75) is 19.8 Å². The number of aryl methyl sites for hydroxylation is 1. The molecule has 0 atom stereocenters. The summed E-state index contributed by atoms with van der Waals surface area (Å²) in [6.07, 6.45) is 0.791. The van der Waals surface area contributed by atoms with Crippen LogP contribution in [0.15, 0.2) is 29.6 Å². The van der Waals surface area contributed by atoms with Gasteiger partial charge in [-0.3, -0.25) is 4.79 Å². The van der Waals surface area contributed by atoms with Crippen molar-refractivity contribution in [3.8, 4) is 5.75 Å². The fourth-order valence-electron chi connectivity index (χ4n) is 1.78. The number of ketones is 1. The molecule has 0 bridgehead atoms. The maximum absolute atomic E-state index is 12.0. The average molecular weight is 261 g/mol. The standard InChI is InChI=1S/C14H15NO2S/c1-10-9-18-14(15-10)8-12(16)7-11-5-3-4-6-13(11)17-2/h3-6,9H,7-8H2,1-2H3. The molecule has 1 aromatic heterocycles. The van der Waals surface area contributed by atoms with Gasteiger partial charge in [0.2, 0.25) is 0 Å². The highest BCUT2D eigenvalue weighted by molar-refractivity contribution is 7.09. The summed E-state index contributed by atoms with van der Waals surface area (Å²) in [5.74, 6) is 0.926. The molecule has 4 heteroatoms. The van der Waals surface area contributed by atoms with Crippen molar-refractivity contribution in [2.75, 3.05) is 7.11 Å². The van der Waals surface area contributed by atoms with E-state index in [1.165, 1.54) is 11.3 Å². The molecule has 94 valence electrons. The lowest BCUT2D eigenvalue weighted by Crippen LogP contribution is -2.07. The summed E-state index contributed by atoms with van der Waals surface area (Å²) >= 11 is 1.54. The molecule has 0 fully saturated rings. The Bertz CT molecular complexity index is 548. The lowest BCUT2D eigenvalue weighted by molar-refractivity contribution is -0.117. The minimum atomic E-state index is 0.161. The molecule has 1 heterocycles. The second-order valence-corrected chi connectivity index (χ2v) is 5.03. The van der Waals surface area contributed by atoms with E-state index in [9.17, 15) is 4.79 Å². The number of rotatable bonds is 5. The smallest absolute Gasteiger partial charge is 0.144 e. The van der Waals surface area contributed by atoms with Crippen LogP contribution < -0.4 is 4.74 Å². The highest BCUT2D eigenvalue weighted by atomic mass is 32.1. The minimum absolute atomic E-state index is 0.161. The number of thiazole rings is 1. The zero-order valence-corrected chi connectivity index (χ0v) is 11.3. The van der Waals surface area contributed by atoms with Gasteiger partial charge in [0.1, 0.15) is 16.5 Å². The van der Waals surface area contributed by atoms with E-state index in [1.807, 2.05) is 36.6 Å². The number of carbonyl (C=O) groups is 1. The molecule has 0 radical (unpaired) electrons. The summed E-state index contributed by atoms with van der Waals surface area (Å²) in [6.45, 7) is 1.94. The van der Waals surface area contributed by atoms with Gasteiger partial charge < -0.3 is 4.74 Å². The number of hydrogen-bond donors (Lipinski definition) is 0. The van der Waals surface area contributed by atoms with E-state index < -0.39 is 0 Å². The van der Waals surface area contributed by atoms with Gasteiger partial charge in [0.05, 0.1) is 13.5 Å². The zero-order chi connectivity index (χ0) is 13.0. The van der Waals surface area contributed by atoms with E-state index in [4.69, 9.17) is 4.74 Å². The Morgan fingerprint density at radius 2 is 2.11 bits per heavy atom. The minimum Gasteiger partial charge on any atom is -0.496 e. The molecule has 0 saturated carbocycles. The lowest BCUT2D eigenvalue weighted by atomic mass is 10.1. The second kappa shape index (κ2) is 5.78. The number of methoxy groups -OCH3 is 1. The zero-order valence-electron chi connectivity index (χ0n) is 10.5. The van der Waals surface area contributed by atoms with Crippen LogP contribution in [0.3, 0.4) is 0 Å². The number of carbonyl (C=O) groups excluding carboxylic acids is 1. The van der Waals surface area contributed by atoms with Gasteiger partial charge in [0.25, 0.3) is 0 Å². The van der Waals surface area contributed by atoms with E-state index in [1.54, 1.807) is 7.11 Å². The molecule has 0 spiro atoms. The molecule has 0 unspecified atom stereocenters. The molecule has 0 aliphatic heterocycles. The van der Waals surface area contributed by atoms with Crippen molar-refractivity contribution in [1.29, 1.82) is 0 Å². The SMILES string of the molecule is COc1ccccc1CC(=O)Cc1nc(C)cs1. The first-order valence-electron chi connectivity index (χ1n) is 5.73. The predicted molar refractivity (Wildman–Crippen MR) is 72.3 cm³/mol. The number of ether oxygens (including phenoxy) is 1. The van der Waals surface area contributed by atoms with Gasteiger partial charge in [-0.15, -0.1) is 11.3 Å². The van der Waals surface area contributed by atoms with E-state index in [0.29, 0.717) is 12.8 Å². The molecule has 0 saturated heterocycles. The quantitative estimate of drug-likeness (QED) is 0.830. The Hall–Kier alpha value is -1.68. The largest absolute Gasteiger partial charge is 0.496 e. The van der Waals surface area contributed by atoms with E-state index in [0.717, 1.165) is 22.0 Å². The highest BCUT2D eigenvalue weighted by Crippen LogP contribution is 2.19. The van der Waals surface area contributed by atoms with Gasteiger partial charge >= 0.3 is 0 Å². The molecule has 0 aliphatic carbocycles. The number of nitrogens with zero attached hydrogens (tertiary/aromatic N) is 1. The first kappa shape index (κ1) is 12.8. The van der Waals surface area contributed by atoms with Crippen molar-refractivity contribution in [2.24, 2.45) is 0 Å². The van der Waals surface area contributed by atoms with Gasteiger partial charge in [-0.1, -0.05) is 18.2 Å². The van der Waals surface area contributed by atoms with Crippen molar-refractivity contribution < 1.29 is 9.53 Å². The monoisotopic (exact) mass is 261 g/mol. The molecule has 1 aromatic carbocycles. The molecule has 0 amide bonds. The number of aromatic nitrogens is 1. The molecule has 0 N–H and O–H groups in total. The van der Waals surface area contributed by atoms with Crippen molar-refractivity contribution in [1.82, 2.24) is 4.98 Å². The lowest BCUT2D eigenvalue weighted by Gasteiger charge is -2.06. The topological polar surface area (TPSA) is 39.2 Å². The fourth-order valence-corrected chi connectivity index (χ4v) is 2.58. The Kier molecular flexibility index (Phi) is 4.10. The normalized spacial score (nSPS) is 10.3. The summed E-state index contributed by atoms with van der Waals surface area (Å²) < 4.78 is 5.24. The molecule has 3 nitrogen and oxygen atoms in total. The molecule has 0 aliphatic rings. The van der Waals surface area contributed by atoms with Gasteiger partial charge in [0.15, 0.2) is 0 Å². The third-order valence-electron chi connectivity index (χ3n) is 2.60. The first-order valence-corrected chi connectivity index (χ1v) is 6.61. The maximum atomic E-state index is 12.0. The Balaban J connectivity index is 2.03. The van der Waals surface area contributed by atoms with E-state index in [-0.39, 0.29) is 5.78 Å². The van der Waals surface area contributed by atoms with Crippen LogP contribution in [0.4, 0.5) is 0 Å². The van der Waals surface area contributed by atoms with Crippen LogP contribution in [0, 0.1) is 6.92 Å². The van der Waals surface area contributed by atoms with Crippen molar-refractivity contribution in [3.05, 3.63) is 45.9 Å². The van der Waals surface area contributed by atoms with Gasteiger partial charge in [-0.05, 0) is 13.0 Å². The Labute approximate surface area is 110 Å². The summed E-state index contributed by atoms with van der Waals surface area (Å²) in [6, 6.07) is 7.61. The highest BCUT2D eigenvalue weighted by Gasteiger charge is 2.10. The van der Waals surface area contributed by atoms with Crippen LogP contribution in [0.5, 0.6) is 5.75 Å². The summed E-state index contributed by atoms with van der Waals surface area (Å²) in [5.41, 5.74) is 1.90. The van der Waals surface area contributed by atoms with E-state index in [2.05, 4.69) is 4.98 Å². The molecule has 2 aromatic rings. The van der Waals surface area contributed by atoms with Crippen molar-refractivity contribution >= 4 is 17.1 Å². The number of para-hydroxylation sites is 1. The maximum Gasteiger partial charge on any atom is 0.144 e. The van der Waals surface area contributed by atoms with Crippen molar-refractivity contribution in [3.63, 3.8) is 0 Å². The molecule has 2 rings (SSSR count). The summed E-state index contributed by atoms with van der Waals surface area (Å²) in [5, 5.41) is 2.85. The fraction of sp³-hybridized carbons (Fsp3) is 0.286. The predicted octanol–water partition coefficient (Wildman–Crippen LogP) is 2.81. The Morgan fingerprint density at radius 3 is 2.78 bits per heavy atom. The molecule has 18 heavy (non-hydrogen) atoms. The average Bonchev–Trinajstić information content (AvgIpc) is 2.75. The number of hydrogen-bond acceptors (Lipinski definition) is 4. The first-order chi connectivity index (χ1) is 8.69. The third kappa shape index (κ3) is 3.17. The van der Waals surface area contributed by atoms with Crippen LogP contribution >= 0.6 is 11.3 Å². The second-order valence-electron chi connectivity index (χ2n) is 4.09. The summed E-state index contributed by atoms with van der Waals surface area (Å²) in [7, 11) is 1.62. The number of Topliss-reactive ketones (excluding diaryl/α,β-unsaturated/α-hetero) is 1. The van der Waals surface area contributed by atoms with Gasteiger partial charge in [-0.2, -0.15) is 0 Å². The van der Waals surface area contributed by atoms with Gasteiger partial charge in [0, 0.05) is 23.1 Å². The third-order valence-corrected chi connectivity index (χ3v) is 3.56. The van der Waals surface area contributed by atoms with Crippen LogP contribution in [-0.2, 0) is 17.6 Å². The molecular formula is C14H15NO2S.